The number of anilines is 1. The van der Waals surface area contributed by atoms with Crippen molar-refractivity contribution in [2.24, 2.45) is 0 Å². The highest BCUT2D eigenvalue weighted by atomic mass is 32.2. The zero-order chi connectivity index (χ0) is 18.2. The zero-order valence-electron chi connectivity index (χ0n) is 14.3. The second kappa shape index (κ2) is 9.55. The molecular weight excluding hydrogens is 368 g/mol. The first kappa shape index (κ1) is 18.7. The Morgan fingerprint density at radius 1 is 1.35 bits per heavy atom. The third kappa shape index (κ3) is 5.71. The van der Waals surface area contributed by atoms with E-state index in [0.717, 1.165) is 15.0 Å². The number of nitrogens with zero attached hydrogens (tertiary/aromatic N) is 3. The van der Waals surface area contributed by atoms with Crippen LogP contribution < -0.4 is 5.32 Å². The van der Waals surface area contributed by atoms with Gasteiger partial charge in [-0.25, -0.2) is 0 Å². The molecule has 3 rings (SSSR count). The Labute approximate surface area is 161 Å². The van der Waals surface area contributed by atoms with Crippen molar-refractivity contribution in [1.82, 2.24) is 10.2 Å². The van der Waals surface area contributed by atoms with Gasteiger partial charge in [-0.15, -0.1) is 10.2 Å². The number of hydrogen-bond acceptors (Lipinski definition) is 8. The number of thioether (sulfide) groups is 1. The van der Waals surface area contributed by atoms with Crippen molar-refractivity contribution in [1.29, 1.82) is 5.26 Å². The van der Waals surface area contributed by atoms with E-state index in [-0.39, 0.29) is 18.3 Å². The number of rotatable bonds is 7. The number of carbonyl (C=O) groups is 1. The van der Waals surface area contributed by atoms with Crippen LogP contribution in [0.1, 0.15) is 43.2 Å². The molecule has 26 heavy (non-hydrogen) atoms. The summed E-state index contributed by atoms with van der Waals surface area (Å²) in [7, 11) is 0. The molecule has 1 aromatic carbocycles. The van der Waals surface area contributed by atoms with Gasteiger partial charge in [0.2, 0.25) is 5.13 Å². The smallest absolute Gasteiger partial charge is 0.316 e. The van der Waals surface area contributed by atoms with E-state index in [4.69, 9.17) is 10.00 Å². The van der Waals surface area contributed by atoms with Crippen LogP contribution in [0.3, 0.4) is 0 Å². The molecule has 0 spiro atoms. The highest BCUT2D eigenvalue weighted by molar-refractivity contribution is 8.01. The van der Waals surface area contributed by atoms with Crippen molar-refractivity contribution in [3.63, 3.8) is 0 Å². The van der Waals surface area contributed by atoms with Gasteiger partial charge in [0, 0.05) is 6.04 Å². The summed E-state index contributed by atoms with van der Waals surface area (Å²) in [5, 5.41) is 21.4. The van der Waals surface area contributed by atoms with Gasteiger partial charge in [-0.3, -0.25) is 4.79 Å². The van der Waals surface area contributed by atoms with Crippen LogP contribution in [-0.4, -0.2) is 28.0 Å². The molecule has 2 aromatic rings. The summed E-state index contributed by atoms with van der Waals surface area (Å²) in [6.45, 7) is 0.166. The van der Waals surface area contributed by atoms with Gasteiger partial charge in [0.1, 0.15) is 6.61 Å². The Kier molecular flexibility index (Phi) is 6.86. The van der Waals surface area contributed by atoms with Crippen molar-refractivity contribution in [3.8, 4) is 6.07 Å². The van der Waals surface area contributed by atoms with Gasteiger partial charge in [0.15, 0.2) is 4.34 Å². The molecule has 1 heterocycles. The van der Waals surface area contributed by atoms with Gasteiger partial charge in [0.05, 0.1) is 17.4 Å². The summed E-state index contributed by atoms with van der Waals surface area (Å²) in [5.41, 5.74) is 1.36. The molecular formula is C18H20N4O2S2. The lowest BCUT2D eigenvalue weighted by Crippen LogP contribution is -2.21. The summed E-state index contributed by atoms with van der Waals surface area (Å²) in [5.74, 6) is -0.120. The van der Waals surface area contributed by atoms with E-state index < -0.39 is 0 Å². The quantitative estimate of drug-likeness (QED) is 0.567. The summed E-state index contributed by atoms with van der Waals surface area (Å²) >= 11 is 2.81. The summed E-state index contributed by atoms with van der Waals surface area (Å²) in [6, 6.07) is 9.60. The highest BCUT2D eigenvalue weighted by Crippen LogP contribution is 2.28. The maximum atomic E-state index is 11.9. The fourth-order valence-electron chi connectivity index (χ4n) is 2.80. The van der Waals surface area contributed by atoms with Crippen molar-refractivity contribution in [2.45, 2.75) is 49.1 Å². The number of esters is 1. The van der Waals surface area contributed by atoms with Crippen molar-refractivity contribution in [2.75, 3.05) is 11.1 Å². The van der Waals surface area contributed by atoms with Crippen molar-refractivity contribution in [3.05, 3.63) is 35.4 Å². The molecule has 6 nitrogen and oxygen atoms in total. The van der Waals surface area contributed by atoms with E-state index >= 15 is 0 Å². The maximum Gasteiger partial charge on any atom is 0.316 e. The molecule has 0 aliphatic heterocycles. The lowest BCUT2D eigenvalue weighted by molar-refractivity contribution is -0.141. The summed E-state index contributed by atoms with van der Waals surface area (Å²) in [4.78, 5) is 11.9. The molecule has 1 N–H and O–H groups in total. The minimum atomic E-state index is -0.311. The van der Waals surface area contributed by atoms with Crippen LogP contribution in [0.2, 0.25) is 0 Å². The predicted molar refractivity (Wildman–Crippen MR) is 102 cm³/mol. The highest BCUT2D eigenvalue weighted by Gasteiger charge is 2.15. The van der Waals surface area contributed by atoms with Gasteiger partial charge >= 0.3 is 5.97 Å². The second-order valence-electron chi connectivity index (χ2n) is 6.11. The van der Waals surface area contributed by atoms with Crippen LogP contribution >= 0.6 is 23.1 Å². The van der Waals surface area contributed by atoms with Gasteiger partial charge in [-0.2, -0.15) is 5.26 Å². The van der Waals surface area contributed by atoms with Crippen LogP contribution in [-0.2, 0) is 16.1 Å². The van der Waals surface area contributed by atoms with Crippen LogP contribution in [0.5, 0.6) is 0 Å². The minimum absolute atomic E-state index is 0.166. The molecule has 0 bridgehead atoms. The first-order chi connectivity index (χ1) is 12.7. The summed E-state index contributed by atoms with van der Waals surface area (Å²) < 4.78 is 6.01. The Bertz CT molecular complexity index is 781. The SMILES string of the molecule is N#Cc1cccc(COC(=O)CSc2nnc(NC3CCCCC3)s2)c1. The molecule has 0 radical (unpaired) electrons. The number of hydrogen-bond donors (Lipinski definition) is 1. The number of benzene rings is 1. The molecule has 1 saturated carbocycles. The molecule has 1 aromatic heterocycles. The topological polar surface area (TPSA) is 87.9 Å². The van der Waals surface area contributed by atoms with E-state index in [1.807, 2.05) is 6.07 Å². The van der Waals surface area contributed by atoms with Crippen LogP contribution in [0.25, 0.3) is 0 Å². The number of nitrogens with one attached hydrogen (secondary N) is 1. The largest absolute Gasteiger partial charge is 0.460 e. The third-order valence-electron chi connectivity index (χ3n) is 4.11. The van der Waals surface area contributed by atoms with Crippen LogP contribution in [0.15, 0.2) is 28.6 Å². The fourth-order valence-corrected chi connectivity index (χ4v) is 4.43. The number of aromatic nitrogens is 2. The Hall–Kier alpha value is -2.11. The molecule has 1 fully saturated rings. The average Bonchev–Trinajstić information content (AvgIpc) is 3.13. The number of nitriles is 1. The molecule has 1 aliphatic rings. The average molecular weight is 389 g/mol. The normalized spacial score (nSPS) is 14.6. The molecule has 0 unspecified atom stereocenters. The lowest BCUT2D eigenvalue weighted by atomic mass is 9.96. The van der Waals surface area contributed by atoms with E-state index in [1.165, 1.54) is 55.2 Å². The van der Waals surface area contributed by atoms with Crippen LogP contribution in [0, 0.1) is 11.3 Å². The van der Waals surface area contributed by atoms with Gasteiger partial charge in [-0.1, -0.05) is 54.5 Å². The molecule has 8 heteroatoms. The Morgan fingerprint density at radius 2 is 2.19 bits per heavy atom. The number of ether oxygens (including phenoxy) is 1. The molecule has 136 valence electrons. The van der Waals surface area contributed by atoms with E-state index in [1.54, 1.807) is 18.2 Å². The first-order valence-corrected chi connectivity index (χ1v) is 10.4. The molecule has 0 amide bonds. The van der Waals surface area contributed by atoms with Crippen molar-refractivity contribution >= 4 is 34.2 Å². The van der Waals surface area contributed by atoms with E-state index in [2.05, 4.69) is 21.6 Å². The zero-order valence-corrected chi connectivity index (χ0v) is 15.9. The van der Waals surface area contributed by atoms with Gasteiger partial charge < -0.3 is 10.1 Å². The number of carbonyl (C=O) groups excluding carboxylic acids is 1. The molecule has 1 aliphatic carbocycles. The fraction of sp³-hybridized carbons (Fsp3) is 0.444. The molecule has 0 atom stereocenters. The molecule has 0 saturated heterocycles. The summed E-state index contributed by atoms with van der Waals surface area (Å²) in [6.07, 6.45) is 6.21. The first-order valence-electron chi connectivity index (χ1n) is 8.60. The Balaban J connectivity index is 1.40. The van der Waals surface area contributed by atoms with Gasteiger partial charge in [-0.05, 0) is 30.5 Å². The van der Waals surface area contributed by atoms with Crippen molar-refractivity contribution < 1.29 is 9.53 Å². The van der Waals surface area contributed by atoms with E-state index in [0.29, 0.717) is 11.6 Å². The lowest BCUT2D eigenvalue weighted by Gasteiger charge is -2.21. The Morgan fingerprint density at radius 3 is 3.00 bits per heavy atom. The van der Waals surface area contributed by atoms with Crippen LogP contribution in [0.4, 0.5) is 5.13 Å². The third-order valence-corrected chi connectivity index (χ3v) is 6.07. The van der Waals surface area contributed by atoms with Gasteiger partial charge in [0.25, 0.3) is 0 Å². The minimum Gasteiger partial charge on any atom is -0.460 e. The maximum absolute atomic E-state index is 11.9. The predicted octanol–water partition coefficient (Wildman–Crippen LogP) is 3.99. The monoisotopic (exact) mass is 388 g/mol. The second-order valence-corrected chi connectivity index (χ2v) is 8.31. The van der Waals surface area contributed by atoms with E-state index in [9.17, 15) is 4.79 Å². The standard InChI is InChI=1S/C18H20N4O2S2/c19-10-13-5-4-6-14(9-13)11-24-16(23)12-25-18-22-21-17(26-18)20-15-7-2-1-3-8-15/h4-6,9,15H,1-3,7-8,11-12H2,(H,20,21).